The SMILES string of the molecule is CC(C)n1nccc1C(=O)N1CCC[C@@H]1c1ncc(Cc2ccccc2Cl)o1. The normalized spacial score (nSPS) is 16.9. The Morgan fingerprint density at radius 3 is 2.93 bits per heavy atom. The van der Waals surface area contributed by atoms with E-state index in [0.717, 1.165) is 24.2 Å². The molecule has 2 aromatic heterocycles. The summed E-state index contributed by atoms with van der Waals surface area (Å²) in [6.07, 6.45) is 5.75. The molecule has 28 heavy (non-hydrogen) atoms. The van der Waals surface area contributed by atoms with Crippen LogP contribution in [0.3, 0.4) is 0 Å². The highest BCUT2D eigenvalue weighted by atomic mass is 35.5. The number of likely N-dealkylation sites (tertiary alicyclic amines) is 1. The summed E-state index contributed by atoms with van der Waals surface area (Å²) in [5.74, 6) is 1.30. The number of amides is 1. The van der Waals surface area contributed by atoms with Gasteiger partial charge < -0.3 is 9.32 Å². The van der Waals surface area contributed by atoms with Crippen LogP contribution in [0.5, 0.6) is 0 Å². The van der Waals surface area contributed by atoms with Gasteiger partial charge in [-0.05, 0) is 44.4 Å². The van der Waals surface area contributed by atoms with E-state index in [4.69, 9.17) is 16.0 Å². The van der Waals surface area contributed by atoms with Crippen LogP contribution in [-0.4, -0.2) is 32.1 Å². The van der Waals surface area contributed by atoms with Crippen molar-refractivity contribution in [2.75, 3.05) is 6.54 Å². The van der Waals surface area contributed by atoms with E-state index in [1.54, 1.807) is 23.1 Å². The fourth-order valence-electron chi connectivity index (χ4n) is 3.70. The molecular formula is C21H23ClN4O2. The van der Waals surface area contributed by atoms with Crippen molar-refractivity contribution in [3.8, 4) is 0 Å². The predicted molar refractivity (Wildman–Crippen MR) is 106 cm³/mol. The van der Waals surface area contributed by atoms with Crippen LogP contribution in [0.1, 0.15) is 66.5 Å². The lowest BCUT2D eigenvalue weighted by Crippen LogP contribution is -2.32. The number of halogens is 1. The number of carbonyl (C=O) groups is 1. The molecule has 0 saturated carbocycles. The van der Waals surface area contributed by atoms with Crippen molar-refractivity contribution < 1.29 is 9.21 Å². The van der Waals surface area contributed by atoms with Crippen LogP contribution < -0.4 is 0 Å². The number of oxazole rings is 1. The Balaban J connectivity index is 1.54. The molecule has 3 heterocycles. The fourth-order valence-corrected chi connectivity index (χ4v) is 3.90. The molecule has 1 atom stereocenters. The molecule has 1 aliphatic rings. The van der Waals surface area contributed by atoms with E-state index in [9.17, 15) is 4.79 Å². The van der Waals surface area contributed by atoms with E-state index >= 15 is 0 Å². The molecule has 1 fully saturated rings. The van der Waals surface area contributed by atoms with Crippen LogP contribution in [0.4, 0.5) is 0 Å². The zero-order valence-corrected chi connectivity index (χ0v) is 16.8. The van der Waals surface area contributed by atoms with E-state index in [0.29, 0.717) is 29.6 Å². The summed E-state index contributed by atoms with van der Waals surface area (Å²) < 4.78 is 7.78. The van der Waals surface area contributed by atoms with Crippen molar-refractivity contribution in [2.45, 2.75) is 45.2 Å². The molecule has 0 bridgehead atoms. The fraction of sp³-hybridized carbons (Fsp3) is 0.381. The minimum Gasteiger partial charge on any atom is -0.443 e. The van der Waals surface area contributed by atoms with Gasteiger partial charge in [0.25, 0.3) is 5.91 Å². The van der Waals surface area contributed by atoms with E-state index in [1.807, 2.05) is 43.0 Å². The Kier molecular flexibility index (Phi) is 5.22. The molecule has 1 aromatic carbocycles. The molecule has 6 nitrogen and oxygen atoms in total. The standard InChI is InChI=1S/C21H23ClN4O2/c1-14(2)26-19(9-10-24-26)21(27)25-11-5-8-18(25)20-23-13-16(28-20)12-15-6-3-4-7-17(15)22/h3-4,6-7,9-10,13-14,18H,5,8,11-12H2,1-2H3/t18-/m1/s1. The Labute approximate surface area is 169 Å². The summed E-state index contributed by atoms with van der Waals surface area (Å²) in [7, 11) is 0. The van der Waals surface area contributed by atoms with Gasteiger partial charge in [-0.25, -0.2) is 4.98 Å². The second kappa shape index (κ2) is 7.80. The van der Waals surface area contributed by atoms with Gasteiger partial charge in [-0.2, -0.15) is 5.10 Å². The molecule has 146 valence electrons. The van der Waals surface area contributed by atoms with Crippen molar-refractivity contribution in [1.82, 2.24) is 19.7 Å². The third-order valence-electron chi connectivity index (χ3n) is 5.07. The van der Waals surface area contributed by atoms with Gasteiger partial charge >= 0.3 is 0 Å². The lowest BCUT2D eigenvalue weighted by atomic mass is 10.1. The Bertz CT molecular complexity index is 978. The third kappa shape index (κ3) is 3.56. The summed E-state index contributed by atoms with van der Waals surface area (Å²) in [6.45, 7) is 4.72. The molecular weight excluding hydrogens is 376 g/mol. The van der Waals surface area contributed by atoms with Gasteiger partial charge in [-0.3, -0.25) is 9.48 Å². The van der Waals surface area contributed by atoms with Gasteiger partial charge in [0, 0.05) is 30.2 Å². The van der Waals surface area contributed by atoms with E-state index < -0.39 is 0 Å². The van der Waals surface area contributed by atoms with E-state index in [1.165, 1.54) is 0 Å². The van der Waals surface area contributed by atoms with Crippen molar-refractivity contribution in [3.05, 3.63) is 70.7 Å². The maximum atomic E-state index is 13.1. The zero-order chi connectivity index (χ0) is 19.7. The Hall–Kier alpha value is -2.60. The number of benzene rings is 1. The second-order valence-corrected chi connectivity index (χ2v) is 7.75. The van der Waals surface area contributed by atoms with Gasteiger partial charge in [0.15, 0.2) is 0 Å². The number of aromatic nitrogens is 3. The number of hydrogen-bond donors (Lipinski definition) is 0. The highest BCUT2D eigenvalue weighted by Crippen LogP contribution is 2.33. The predicted octanol–water partition coefficient (Wildman–Crippen LogP) is 4.67. The first-order valence-electron chi connectivity index (χ1n) is 9.57. The van der Waals surface area contributed by atoms with E-state index in [2.05, 4.69) is 10.1 Å². The largest absolute Gasteiger partial charge is 0.443 e. The number of hydrogen-bond acceptors (Lipinski definition) is 4. The molecule has 0 N–H and O–H groups in total. The van der Waals surface area contributed by atoms with Gasteiger partial charge in [-0.1, -0.05) is 29.8 Å². The van der Waals surface area contributed by atoms with Crippen LogP contribution in [0.2, 0.25) is 5.02 Å². The summed E-state index contributed by atoms with van der Waals surface area (Å²) in [5.41, 5.74) is 1.59. The van der Waals surface area contributed by atoms with Crippen LogP contribution in [0.15, 0.2) is 47.1 Å². The first-order chi connectivity index (χ1) is 13.5. The molecule has 0 radical (unpaired) electrons. The van der Waals surface area contributed by atoms with Crippen molar-refractivity contribution >= 4 is 17.5 Å². The summed E-state index contributed by atoms with van der Waals surface area (Å²) >= 11 is 6.25. The van der Waals surface area contributed by atoms with Crippen LogP contribution >= 0.6 is 11.6 Å². The molecule has 4 rings (SSSR count). The first-order valence-corrected chi connectivity index (χ1v) is 9.95. The van der Waals surface area contributed by atoms with Gasteiger partial charge in [-0.15, -0.1) is 0 Å². The van der Waals surface area contributed by atoms with Crippen LogP contribution in [0.25, 0.3) is 0 Å². The highest BCUT2D eigenvalue weighted by Gasteiger charge is 2.35. The molecule has 1 saturated heterocycles. The van der Waals surface area contributed by atoms with Crippen LogP contribution in [-0.2, 0) is 6.42 Å². The van der Waals surface area contributed by atoms with Crippen LogP contribution in [0, 0.1) is 0 Å². The molecule has 0 unspecified atom stereocenters. The molecule has 1 aliphatic heterocycles. The van der Waals surface area contributed by atoms with Gasteiger partial charge in [0.2, 0.25) is 5.89 Å². The quantitative estimate of drug-likeness (QED) is 0.626. The van der Waals surface area contributed by atoms with Crippen molar-refractivity contribution in [1.29, 1.82) is 0 Å². The number of carbonyl (C=O) groups excluding carboxylic acids is 1. The van der Waals surface area contributed by atoms with Gasteiger partial charge in [0.1, 0.15) is 17.5 Å². The smallest absolute Gasteiger partial charge is 0.272 e. The maximum Gasteiger partial charge on any atom is 0.272 e. The highest BCUT2D eigenvalue weighted by molar-refractivity contribution is 6.31. The average molecular weight is 399 g/mol. The monoisotopic (exact) mass is 398 g/mol. The topological polar surface area (TPSA) is 64.2 Å². The zero-order valence-electron chi connectivity index (χ0n) is 16.0. The second-order valence-electron chi connectivity index (χ2n) is 7.34. The molecule has 1 amide bonds. The van der Waals surface area contributed by atoms with Gasteiger partial charge in [0.05, 0.1) is 6.20 Å². The Morgan fingerprint density at radius 2 is 2.14 bits per heavy atom. The van der Waals surface area contributed by atoms with Crippen molar-refractivity contribution in [3.63, 3.8) is 0 Å². The first kappa shape index (κ1) is 18.7. The minimum absolute atomic E-state index is 0.0282. The molecule has 3 aromatic rings. The number of nitrogens with zero attached hydrogens (tertiary/aromatic N) is 4. The minimum atomic E-state index is -0.150. The molecule has 0 spiro atoms. The maximum absolute atomic E-state index is 13.1. The summed E-state index contributed by atoms with van der Waals surface area (Å²) in [4.78, 5) is 19.5. The lowest BCUT2D eigenvalue weighted by molar-refractivity contribution is 0.0700. The van der Waals surface area contributed by atoms with Crippen molar-refractivity contribution in [2.24, 2.45) is 0 Å². The number of rotatable bonds is 5. The van der Waals surface area contributed by atoms with E-state index in [-0.39, 0.29) is 18.0 Å². The summed E-state index contributed by atoms with van der Waals surface area (Å²) in [6, 6.07) is 9.44. The Morgan fingerprint density at radius 1 is 1.32 bits per heavy atom. The molecule has 7 heteroatoms. The molecule has 0 aliphatic carbocycles. The average Bonchev–Trinajstić information content (AvgIpc) is 3.43. The summed E-state index contributed by atoms with van der Waals surface area (Å²) in [5, 5.41) is 4.99. The third-order valence-corrected chi connectivity index (χ3v) is 5.44. The lowest BCUT2D eigenvalue weighted by Gasteiger charge is -2.23.